The van der Waals surface area contributed by atoms with Gasteiger partial charge in [-0.05, 0) is 26.3 Å². The van der Waals surface area contributed by atoms with Gasteiger partial charge in [0, 0.05) is 30.8 Å². The molecule has 1 amide bonds. The largest absolute Gasteiger partial charge is 0.352 e. The molecule has 1 aromatic heterocycles. The molecule has 0 unspecified atom stereocenters. The minimum atomic E-state index is -0.524. The van der Waals surface area contributed by atoms with E-state index in [9.17, 15) is 14.9 Å². The first kappa shape index (κ1) is 17.0. The Labute approximate surface area is 138 Å². The zero-order valence-electron chi connectivity index (χ0n) is 12.9. The second-order valence-corrected chi connectivity index (χ2v) is 5.50. The van der Waals surface area contributed by atoms with E-state index in [1.54, 1.807) is 10.7 Å². The van der Waals surface area contributed by atoms with Gasteiger partial charge in [0.2, 0.25) is 0 Å². The van der Waals surface area contributed by atoms with Gasteiger partial charge in [-0.15, -0.1) is 0 Å². The summed E-state index contributed by atoms with van der Waals surface area (Å²) in [5, 5.41) is 18.4. The van der Waals surface area contributed by atoms with E-state index in [-0.39, 0.29) is 17.2 Å². The van der Waals surface area contributed by atoms with Crippen LogP contribution in [0, 0.1) is 24.0 Å². The van der Waals surface area contributed by atoms with Crippen LogP contribution in [0.2, 0.25) is 5.02 Å². The molecule has 0 aliphatic heterocycles. The molecule has 1 heterocycles. The number of non-ortho nitro benzene ring substituents is 1. The van der Waals surface area contributed by atoms with Crippen molar-refractivity contribution >= 4 is 23.2 Å². The van der Waals surface area contributed by atoms with Crippen molar-refractivity contribution in [2.24, 2.45) is 0 Å². The number of amides is 1. The molecule has 122 valence electrons. The Bertz CT molecular complexity index is 742. The first-order valence-corrected chi connectivity index (χ1v) is 7.50. The van der Waals surface area contributed by atoms with Crippen LogP contribution >= 0.6 is 11.6 Å². The summed E-state index contributed by atoms with van der Waals surface area (Å²) >= 11 is 6.07. The molecule has 0 fully saturated rings. The summed E-state index contributed by atoms with van der Waals surface area (Å²) in [6.07, 6.45) is 0.680. The van der Waals surface area contributed by atoms with Gasteiger partial charge >= 0.3 is 0 Å². The Morgan fingerprint density at radius 1 is 1.43 bits per heavy atom. The molecule has 0 radical (unpaired) electrons. The number of benzene rings is 1. The van der Waals surface area contributed by atoms with Crippen LogP contribution in [0.3, 0.4) is 0 Å². The summed E-state index contributed by atoms with van der Waals surface area (Å²) in [7, 11) is 0. The molecular formula is C15H17ClN4O3. The Hall–Kier alpha value is -2.41. The number of aromatic nitrogens is 2. The first-order chi connectivity index (χ1) is 10.9. The quantitative estimate of drug-likeness (QED) is 0.499. The molecular weight excluding hydrogens is 320 g/mol. The Kier molecular flexibility index (Phi) is 5.33. The maximum atomic E-state index is 12.0. The van der Waals surface area contributed by atoms with Gasteiger partial charge in [-0.25, -0.2) is 0 Å². The molecule has 0 aliphatic carbocycles. The van der Waals surface area contributed by atoms with E-state index in [0.717, 1.165) is 11.4 Å². The number of hydrogen-bond donors (Lipinski definition) is 1. The number of rotatable bonds is 6. The number of carbonyl (C=O) groups is 1. The third kappa shape index (κ3) is 4.07. The summed E-state index contributed by atoms with van der Waals surface area (Å²) < 4.78 is 1.80. The van der Waals surface area contributed by atoms with Gasteiger partial charge in [0.1, 0.15) is 0 Å². The van der Waals surface area contributed by atoms with E-state index in [2.05, 4.69) is 10.4 Å². The summed E-state index contributed by atoms with van der Waals surface area (Å²) in [6, 6.07) is 5.65. The van der Waals surface area contributed by atoms with Crippen LogP contribution in [0.1, 0.15) is 28.2 Å². The average molecular weight is 337 g/mol. The molecule has 0 saturated carbocycles. The van der Waals surface area contributed by atoms with Gasteiger partial charge in [0.25, 0.3) is 11.6 Å². The molecule has 2 aromatic rings. The van der Waals surface area contributed by atoms with Crippen molar-refractivity contribution in [1.82, 2.24) is 15.1 Å². The average Bonchev–Trinajstić information content (AvgIpc) is 2.78. The normalized spacial score (nSPS) is 10.6. The smallest absolute Gasteiger partial charge is 0.270 e. The lowest BCUT2D eigenvalue weighted by Gasteiger charge is -2.07. The third-order valence-electron chi connectivity index (χ3n) is 3.44. The van der Waals surface area contributed by atoms with Crippen molar-refractivity contribution in [3.63, 3.8) is 0 Å². The van der Waals surface area contributed by atoms with E-state index >= 15 is 0 Å². The molecule has 23 heavy (non-hydrogen) atoms. The number of nitro benzene ring substituents is 1. The van der Waals surface area contributed by atoms with Crippen LogP contribution in [0.4, 0.5) is 5.69 Å². The second-order valence-electron chi connectivity index (χ2n) is 5.12. The highest BCUT2D eigenvalue weighted by Gasteiger charge is 2.11. The van der Waals surface area contributed by atoms with Crippen molar-refractivity contribution in [3.8, 4) is 0 Å². The molecule has 0 bridgehead atoms. The van der Waals surface area contributed by atoms with Crippen LogP contribution in [0.25, 0.3) is 0 Å². The van der Waals surface area contributed by atoms with Crippen LogP contribution in [0.5, 0.6) is 0 Å². The molecule has 0 spiro atoms. The molecule has 2 rings (SSSR count). The number of carbonyl (C=O) groups excluding carboxylic acids is 1. The topological polar surface area (TPSA) is 90.1 Å². The summed E-state index contributed by atoms with van der Waals surface area (Å²) in [5.74, 6) is -0.333. The van der Waals surface area contributed by atoms with Gasteiger partial charge in [-0.1, -0.05) is 17.7 Å². The van der Waals surface area contributed by atoms with Gasteiger partial charge in [0.15, 0.2) is 0 Å². The van der Waals surface area contributed by atoms with Crippen LogP contribution in [0.15, 0.2) is 24.3 Å². The van der Waals surface area contributed by atoms with Crippen molar-refractivity contribution in [3.05, 3.63) is 56.4 Å². The number of nitrogens with one attached hydrogen (secondary N) is 1. The van der Waals surface area contributed by atoms with E-state index in [1.807, 2.05) is 13.8 Å². The van der Waals surface area contributed by atoms with E-state index in [1.165, 1.54) is 18.2 Å². The lowest BCUT2D eigenvalue weighted by atomic mass is 10.2. The minimum Gasteiger partial charge on any atom is -0.352 e. The number of halogens is 1. The number of nitrogens with zero attached hydrogens (tertiary/aromatic N) is 3. The highest BCUT2D eigenvalue weighted by molar-refractivity contribution is 6.31. The molecule has 0 atom stereocenters. The standard InChI is InChI=1S/C15H17ClN4O3/c1-10-14(16)11(2)19(18-10)8-4-7-17-15(21)12-5-3-6-13(9-12)20(22)23/h3,5-6,9H,4,7-8H2,1-2H3,(H,17,21). The van der Waals surface area contributed by atoms with E-state index in [0.29, 0.717) is 24.5 Å². The maximum absolute atomic E-state index is 12.0. The van der Waals surface area contributed by atoms with Crippen molar-refractivity contribution in [2.75, 3.05) is 6.54 Å². The van der Waals surface area contributed by atoms with Crippen molar-refractivity contribution < 1.29 is 9.72 Å². The number of hydrogen-bond acceptors (Lipinski definition) is 4. The highest BCUT2D eigenvalue weighted by Crippen LogP contribution is 2.18. The van der Waals surface area contributed by atoms with Gasteiger partial charge < -0.3 is 5.32 Å². The Morgan fingerprint density at radius 3 is 2.78 bits per heavy atom. The highest BCUT2D eigenvalue weighted by atomic mass is 35.5. The van der Waals surface area contributed by atoms with Crippen LogP contribution < -0.4 is 5.32 Å². The van der Waals surface area contributed by atoms with Crippen molar-refractivity contribution in [2.45, 2.75) is 26.8 Å². The summed E-state index contributed by atoms with van der Waals surface area (Å²) in [6.45, 7) is 4.81. The molecule has 1 aromatic carbocycles. The maximum Gasteiger partial charge on any atom is 0.270 e. The molecule has 7 nitrogen and oxygen atoms in total. The zero-order chi connectivity index (χ0) is 17.0. The summed E-state index contributed by atoms with van der Waals surface area (Å²) in [4.78, 5) is 22.2. The Morgan fingerprint density at radius 2 is 2.17 bits per heavy atom. The third-order valence-corrected chi connectivity index (χ3v) is 3.99. The molecule has 8 heteroatoms. The van der Waals surface area contributed by atoms with Crippen molar-refractivity contribution in [1.29, 1.82) is 0 Å². The number of nitro groups is 1. The Balaban J connectivity index is 1.86. The fourth-order valence-electron chi connectivity index (χ4n) is 2.19. The van der Waals surface area contributed by atoms with Gasteiger partial charge in [-0.3, -0.25) is 19.6 Å². The molecule has 0 aliphatic rings. The SMILES string of the molecule is Cc1nn(CCCNC(=O)c2cccc([N+](=O)[O-])c2)c(C)c1Cl. The van der Waals surface area contributed by atoms with E-state index in [4.69, 9.17) is 11.6 Å². The lowest BCUT2D eigenvalue weighted by molar-refractivity contribution is -0.384. The monoisotopic (exact) mass is 336 g/mol. The second kappa shape index (κ2) is 7.23. The predicted octanol–water partition coefficient (Wildman–Crippen LogP) is 2.88. The first-order valence-electron chi connectivity index (χ1n) is 7.12. The number of aryl methyl sites for hydroxylation is 2. The lowest BCUT2D eigenvalue weighted by Crippen LogP contribution is -2.25. The van der Waals surface area contributed by atoms with Crippen LogP contribution in [-0.4, -0.2) is 27.2 Å². The predicted molar refractivity (Wildman–Crippen MR) is 86.8 cm³/mol. The fraction of sp³-hybridized carbons (Fsp3) is 0.333. The summed E-state index contributed by atoms with van der Waals surface area (Å²) in [5.41, 5.74) is 1.85. The van der Waals surface area contributed by atoms with Gasteiger partial charge in [0.05, 0.1) is 21.3 Å². The van der Waals surface area contributed by atoms with Crippen LogP contribution in [-0.2, 0) is 6.54 Å². The van der Waals surface area contributed by atoms with Gasteiger partial charge in [-0.2, -0.15) is 5.10 Å². The minimum absolute atomic E-state index is 0.102. The molecule has 1 N–H and O–H groups in total. The fourth-order valence-corrected chi connectivity index (χ4v) is 2.32. The van der Waals surface area contributed by atoms with E-state index < -0.39 is 4.92 Å². The molecule has 0 saturated heterocycles. The zero-order valence-corrected chi connectivity index (χ0v) is 13.6.